The number of carboxylic acids is 1. The fourth-order valence-electron chi connectivity index (χ4n) is 6.66. The van der Waals surface area contributed by atoms with Crippen LogP contribution in [0.4, 0.5) is 15.4 Å². The number of hydrogen-bond acceptors (Lipinski definition) is 13. The number of carboxylic acid groups (broad SMARTS) is 1. The van der Waals surface area contributed by atoms with E-state index in [2.05, 4.69) is 25.6 Å². The van der Waals surface area contributed by atoms with Gasteiger partial charge >= 0.3 is 18.2 Å². The number of amides is 2. The van der Waals surface area contributed by atoms with Crippen molar-refractivity contribution < 1.29 is 43.9 Å². The molecule has 7 N–H and O–H groups in total. The summed E-state index contributed by atoms with van der Waals surface area (Å²) in [4.78, 5) is 53.1. The number of nitrogens with one attached hydrogen (secondary N) is 2. The van der Waals surface area contributed by atoms with E-state index < -0.39 is 54.8 Å². The van der Waals surface area contributed by atoms with Crippen molar-refractivity contribution in [2.45, 2.75) is 75.6 Å². The van der Waals surface area contributed by atoms with E-state index in [0.29, 0.717) is 13.1 Å². The zero-order valence-electron chi connectivity index (χ0n) is 31.0. The second-order valence-electron chi connectivity index (χ2n) is 13.6. The fourth-order valence-corrected chi connectivity index (χ4v) is 6.66. The summed E-state index contributed by atoms with van der Waals surface area (Å²) in [6.45, 7) is 0.852. The quantitative estimate of drug-likeness (QED) is 0.0700. The van der Waals surface area contributed by atoms with Gasteiger partial charge in [-0.25, -0.2) is 29.3 Å². The zero-order chi connectivity index (χ0) is 40.1. The fraction of sp³-hybridized carbons (Fsp3) is 0.350. The number of aliphatic hydroxyl groups is 2. The molecule has 2 amide bonds. The molecule has 1 aliphatic heterocycles. The van der Waals surface area contributed by atoms with Crippen molar-refractivity contribution in [1.29, 1.82) is 0 Å². The number of imidazole rings is 1. The Hall–Kier alpha value is -6.14. The van der Waals surface area contributed by atoms with Gasteiger partial charge in [0, 0.05) is 25.7 Å². The highest BCUT2D eigenvalue weighted by molar-refractivity contribution is 5.81. The van der Waals surface area contributed by atoms with E-state index in [9.17, 15) is 29.7 Å². The van der Waals surface area contributed by atoms with E-state index >= 15 is 0 Å². The number of aliphatic hydroxyl groups excluding tert-OH is 2. The van der Waals surface area contributed by atoms with Crippen LogP contribution < -0.4 is 16.4 Å². The molecule has 1 unspecified atom stereocenters. The highest BCUT2D eigenvalue weighted by Crippen LogP contribution is 2.35. The maximum Gasteiger partial charge on any atom is 0.410 e. The molecule has 6 rings (SSSR count). The first-order chi connectivity index (χ1) is 27.7. The van der Waals surface area contributed by atoms with Crippen molar-refractivity contribution >= 4 is 35.1 Å². The predicted octanol–water partition coefficient (Wildman–Crippen LogP) is 3.37. The SMILES string of the molecule is Nc1ncnc2c1ncn2[C@@H]1O[C@H](C[C@H](CC[C@H](NC(=O)OCc2ccccc2)C(=O)O)N(CCNCc2ccccc2)C(=O)OCc2ccccc2)C(O)[C@@H]1O. The van der Waals surface area contributed by atoms with Crippen LogP contribution in [0.1, 0.15) is 42.2 Å². The minimum Gasteiger partial charge on any atom is -0.480 e. The normalized spacial score (nSPS) is 18.8. The molecular weight excluding hydrogens is 736 g/mol. The summed E-state index contributed by atoms with van der Waals surface area (Å²) in [5.74, 6) is -1.19. The van der Waals surface area contributed by atoms with Crippen LogP contribution in [-0.2, 0) is 38.8 Å². The Bertz CT molecular complexity index is 2060. The van der Waals surface area contributed by atoms with E-state index in [1.807, 2.05) is 66.7 Å². The van der Waals surface area contributed by atoms with Gasteiger partial charge in [0.15, 0.2) is 17.7 Å². The molecular formula is C40H46N8O9. The van der Waals surface area contributed by atoms with E-state index in [4.69, 9.17) is 19.9 Å². The van der Waals surface area contributed by atoms with Gasteiger partial charge in [0.25, 0.3) is 0 Å². The first-order valence-electron chi connectivity index (χ1n) is 18.5. The minimum atomic E-state index is -1.44. The number of fused-ring (bicyclic) bond motifs is 1. The van der Waals surface area contributed by atoms with Crippen LogP contribution in [0, 0.1) is 0 Å². The number of nitrogen functional groups attached to an aromatic ring is 1. The van der Waals surface area contributed by atoms with Gasteiger partial charge < -0.3 is 50.8 Å². The molecule has 1 aliphatic rings. The number of aliphatic carboxylic acids is 1. The average molecular weight is 783 g/mol. The smallest absolute Gasteiger partial charge is 0.410 e. The third kappa shape index (κ3) is 10.8. The van der Waals surface area contributed by atoms with Gasteiger partial charge in [0.1, 0.15) is 43.3 Å². The third-order valence-electron chi connectivity index (χ3n) is 9.68. The Morgan fingerprint density at radius 1 is 0.842 bits per heavy atom. The molecule has 0 spiro atoms. The monoisotopic (exact) mass is 782 g/mol. The van der Waals surface area contributed by atoms with Crippen LogP contribution in [0.5, 0.6) is 0 Å². The highest BCUT2D eigenvalue weighted by Gasteiger charge is 2.46. The molecule has 0 bridgehead atoms. The number of alkyl carbamates (subject to hydrolysis) is 1. The number of anilines is 1. The molecule has 2 aromatic heterocycles. The molecule has 17 nitrogen and oxygen atoms in total. The molecule has 1 fully saturated rings. The van der Waals surface area contributed by atoms with Gasteiger partial charge in [-0.3, -0.25) is 4.57 Å². The largest absolute Gasteiger partial charge is 0.480 e. The lowest BCUT2D eigenvalue weighted by atomic mass is 9.96. The average Bonchev–Trinajstić information content (AvgIpc) is 3.78. The highest BCUT2D eigenvalue weighted by atomic mass is 16.6. The number of nitrogens with two attached hydrogens (primary N) is 1. The Morgan fingerprint density at radius 2 is 1.47 bits per heavy atom. The Kier molecular flexibility index (Phi) is 14.0. The molecule has 0 saturated carbocycles. The van der Waals surface area contributed by atoms with E-state index in [0.717, 1.165) is 16.7 Å². The number of carbonyl (C=O) groups excluding carboxylic acids is 2. The van der Waals surface area contributed by atoms with Crippen molar-refractivity contribution in [2.24, 2.45) is 0 Å². The van der Waals surface area contributed by atoms with Crippen LogP contribution in [0.25, 0.3) is 11.2 Å². The Labute approximate surface area is 328 Å². The van der Waals surface area contributed by atoms with Crippen molar-refractivity contribution in [1.82, 2.24) is 35.1 Å². The molecule has 3 heterocycles. The lowest BCUT2D eigenvalue weighted by molar-refractivity contribution is -0.139. The maximum atomic E-state index is 14.0. The van der Waals surface area contributed by atoms with Crippen LogP contribution in [0.2, 0.25) is 0 Å². The van der Waals surface area contributed by atoms with Crippen molar-refractivity contribution in [3.8, 4) is 0 Å². The maximum absolute atomic E-state index is 14.0. The number of hydrogen-bond donors (Lipinski definition) is 6. The summed E-state index contributed by atoms with van der Waals surface area (Å²) in [5, 5.41) is 38.5. The predicted molar refractivity (Wildman–Crippen MR) is 206 cm³/mol. The van der Waals surface area contributed by atoms with E-state index in [-0.39, 0.29) is 56.0 Å². The first-order valence-corrected chi connectivity index (χ1v) is 18.5. The summed E-state index contributed by atoms with van der Waals surface area (Å²) < 4.78 is 18.8. The second-order valence-corrected chi connectivity index (χ2v) is 13.6. The zero-order valence-corrected chi connectivity index (χ0v) is 31.0. The van der Waals surface area contributed by atoms with Crippen LogP contribution >= 0.6 is 0 Å². The second kappa shape index (κ2) is 19.6. The Morgan fingerprint density at radius 3 is 2.12 bits per heavy atom. The number of ether oxygens (including phenoxy) is 3. The van der Waals surface area contributed by atoms with Gasteiger partial charge in [0.05, 0.1) is 12.4 Å². The molecule has 6 atom stereocenters. The first kappa shape index (κ1) is 40.5. The van der Waals surface area contributed by atoms with Crippen LogP contribution in [0.15, 0.2) is 104 Å². The van der Waals surface area contributed by atoms with Gasteiger partial charge in [0.2, 0.25) is 0 Å². The summed E-state index contributed by atoms with van der Waals surface area (Å²) in [6.07, 6.45) is -4.24. The standard InChI is InChI=1S/C40H46N8O9/c41-35-32-36(44-24-43-35)48(25-45-32)37-34(50)33(49)31(57-37)20-29(16-17-30(38(51)52)46-39(53)55-22-27-12-6-2-7-13-27)47(19-18-42-21-26-10-4-1-5-11-26)40(54)56-23-28-14-8-3-9-15-28/h1-15,24-25,29-31,33-34,37,42,49-50H,16-23H2,(H,46,53)(H,51,52)(H2,41,43,44)/t29-,30-,31+,33?,34-,37+/m0/s1. The lowest BCUT2D eigenvalue weighted by Gasteiger charge is -2.34. The minimum absolute atomic E-state index is 0.0140. The number of carbonyl (C=O) groups is 3. The van der Waals surface area contributed by atoms with Crippen molar-refractivity contribution in [3.63, 3.8) is 0 Å². The Balaban J connectivity index is 1.23. The van der Waals surface area contributed by atoms with Gasteiger partial charge in [-0.1, -0.05) is 91.0 Å². The molecule has 57 heavy (non-hydrogen) atoms. The third-order valence-corrected chi connectivity index (χ3v) is 9.68. The van der Waals surface area contributed by atoms with Gasteiger partial charge in [-0.05, 0) is 36.0 Å². The number of nitrogens with zero attached hydrogens (tertiary/aromatic N) is 5. The molecule has 0 aliphatic carbocycles. The molecule has 0 radical (unpaired) electrons. The summed E-state index contributed by atoms with van der Waals surface area (Å²) in [6, 6.07) is 25.6. The lowest BCUT2D eigenvalue weighted by Crippen LogP contribution is -2.48. The summed E-state index contributed by atoms with van der Waals surface area (Å²) in [7, 11) is 0. The van der Waals surface area contributed by atoms with Crippen molar-refractivity contribution in [3.05, 3.63) is 120 Å². The van der Waals surface area contributed by atoms with Crippen molar-refractivity contribution in [2.75, 3.05) is 18.8 Å². The number of rotatable bonds is 18. The summed E-state index contributed by atoms with van der Waals surface area (Å²) >= 11 is 0. The van der Waals surface area contributed by atoms with E-state index in [1.54, 1.807) is 24.3 Å². The summed E-state index contributed by atoms with van der Waals surface area (Å²) in [5.41, 5.74) is 9.05. The van der Waals surface area contributed by atoms with Gasteiger partial charge in [-0.15, -0.1) is 0 Å². The molecule has 300 valence electrons. The van der Waals surface area contributed by atoms with Crippen LogP contribution in [-0.4, -0.2) is 101 Å². The van der Waals surface area contributed by atoms with Gasteiger partial charge in [-0.2, -0.15) is 0 Å². The van der Waals surface area contributed by atoms with E-state index in [1.165, 1.54) is 22.1 Å². The topological polar surface area (TPSA) is 237 Å². The molecule has 3 aromatic carbocycles. The molecule has 1 saturated heterocycles. The van der Waals surface area contributed by atoms with Crippen LogP contribution in [0.3, 0.4) is 0 Å². The number of aromatic nitrogens is 4. The number of benzene rings is 3. The molecule has 5 aromatic rings. The molecule has 17 heteroatoms.